The summed E-state index contributed by atoms with van der Waals surface area (Å²) in [6.45, 7) is 11.8. The third-order valence-corrected chi connectivity index (χ3v) is 3.54. The third-order valence-electron chi connectivity index (χ3n) is 3.54. The van der Waals surface area contributed by atoms with Gasteiger partial charge in [0.1, 0.15) is 18.3 Å². The molecule has 3 rings (SSSR count). The summed E-state index contributed by atoms with van der Waals surface area (Å²) in [7, 11) is 0. The van der Waals surface area contributed by atoms with Crippen LogP contribution >= 0.6 is 0 Å². The highest BCUT2D eigenvalue weighted by Crippen LogP contribution is 2.45. The second-order valence-corrected chi connectivity index (χ2v) is 6.02. The van der Waals surface area contributed by atoms with Gasteiger partial charge in [-0.25, -0.2) is 0 Å². The second-order valence-electron chi connectivity index (χ2n) is 6.02. The van der Waals surface area contributed by atoms with Crippen LogP contribution < -0.4 is 0 Å². The monoisotopic (exact) mass is 240 g/mol. The van der Waals surface area contributed by atoms with Gasteiger partial charge >= 0.3 is 0 Å². The van der Waals surface area contributed by atoms with Gasteiger partial charge in [0.05, 0.1) is 6.10 Å². The summed E-state index contributed by atoms with van der Waals surface area (Å²) in [6, 6.07) is 0. The van der Waals surface area contributed by atoms with Gasteiger partial charge in [0, 0.05) is 0 Å². The normalized spacial score (nSPS) is 46.7. The Hall–Kier alpha value is -0.420. The van der Waals surface area contributed by atoms with E-state index in [2.05, 4.69) is 6.58 Å². The summed E-state index contributed by atoms with van der Waals surface area (Å²) in [5, 5.41) is 0. The minimum atomic E-state index is -0.566. The predicted molar refractivity (Wildman–Crippen MR) is 61.4 cm³/mol. The maximum atomic E-state index is 5.94. The lowest BCUT2D eigenvalue weighted by molar-refractivity contribution is -0.175. The van der Waals surface area contributed by atoms with Gasteiger partial charge in [0.2, 0.25) is 0 Å². The van der Waals surface area contributed by atoms with Crippen LogP contribution in [-0.4, -0.2) is 36.0 Å². The van der Waals surface area contributed by atoms with Gasteiger partial charge < -0.3 is 18.9 Å². The summed E-state index contributed by atoms with van der Waals surface area (Å²) >= 11 is 0. The highest BCUT2D eigenvalue weighted by atomic mass is 16.8. The molecule has 0 spiro atoms. The van der Waals surface area contributed by atoms with Crippen molar-refractivity contribution in [3.63, 3.8) is 0 Å². The van der Waals surface area contributed by atoms with Crippen molar-refractivity contribution in [3.8, 4) is 0 Å². The summed E-state index contributed by atoms with van der Waals surface area (Å²) in [5.74, 6) is -1.11. The summed E-state index contributed by atoms with van der Waals surface area (Å²) in [4.78, 5) is 0. The second kappa shape index (κ2) is 3.32. The van der Waals surface area contributed by atoms with E-state index in [1.54, 1.807) is 0 Å². The van der Waals surface area contributed by atoms with E-state index >= 15 is 0 Å². The first kappa shape index (κ1) is 11.7. The molecule has 3 aliphatic rings. The average Bonchev–Trinajstić information content (AvgIpc) is 2.62. The van der Waals surface area contributed by atoms with Crippen molar-refractivity contribution in [2.45, 2.75) is 70.1 Å². The SMILES string of the molecule is C=C1C[C@@H]2OC(C)(C)O[C@@H]2[C@H]2OC(C)(C)O[C@@H]12. The zero-order valence-electron chi connectivity index (χ0n) is 10.9. The van der Waals surface area contributed by atoms with Crippen LogP contribution in [0.1, 0.15) is 34.1 Å². The molecular formula is C13H20O4. The Bertz CT molecular complexity index is 360. The van der Waals surface area contributed by atoms with E-state index in [1.165, 1.54) is 0 Å². The molecule has 0 unspecified atom stereocenters. The van der Waals surface area contributed by atoms with E-state index in [4.69, 9.17) is 18.9 Å². The quantitative estimate of drug-likeness (QED) is 0.607. The molecule has 4 nitrogen and oxygen atoms in total. The van der Waals surface area contributed by atoms with E-state index in [0.29, 0.717) is 0 Å². The first-order valence-electron chi connectivity index (χ1n) is 6.16. The van der Waals surface area contributed by atoms with E-state index in [-0.39, 0.29) is 24.4 Å². The number of fused-ring (bicyclic) bond motifs is 3. The van der Waals surface area contributed by atoms with Crippen molar-refractivity contribution in [3.05, 3.63) is 12.2 Å². The first-order chi connectivity index (χ1) is 7.77. The van der Waals surface area contributed by atoms with Crippen LogP contribution in [0.4, 0.5) is 0 Å². The average molecular weight is 240 g/mol. The van der Waals surface area contributed by atoms with Gasteiger partial charge in [-0.15, -0.1) is 0 Å². The molecule has 4 heteroatoms. The summed E-state index contributed by atoms with van der Waals surface area (Å²) < 4.78 is 23.6. The first-order valence-corrected chi connectivity index (χ1v) is 6.16. The van der Waals surface area contributed by atoms with E-state index in [9.17, 15) is 0 Å². The molecule has 0 radical (unpaired) electrons. The number of rotatable bonds is 0. The van der Waals surface area contributed by atoms with Crippen LogP contribution in [0.2, 0.25) is 0 Å². The van der Waals surface area contributed by atoms with Crippen molar-refractivity contribution < 1.29 is 18.9 Å². The Kier molecular flexibility index (Phi) is 2.28. The Balaban J connectivity index is 1.88. The van der Waals surface area contributed by atoms with Gasteiger partial charge in [0.25, 0.3) is 0 Å². The van der Waals surface area contributed by atoms with Gasteiger partial charge in [-0.05, 0) is 39.7 Å². The molecule has 17 heavy (non-hydrogen) atoms. The number of ether oxygens (including phenoxy) is 4. The molecule has 0 amide bonds. The van der Waals surface area contributed by atoms with Gasteiger partial charge in [-0.2, -0.15) is 0 Å². The maximum Gasteiger partial charge on any atom is 0.164 e. The molecule has 0 aromatic rings. The third kappa shape index (κ3) is 1.83. The van der Waals surface area contributed by atoms with Crippen molar-refractivity contribution in [2.24, 2.45) is 0 Å². The maximum absolute atomic E-state index is 5.94. The van der Waals surface area contributed by atoms with Crippen LogP contribution in [0.15, 0.2) is 12.2 Å². The van der Waals surface area contributed by atoms with E-state index in [0.717, 1.165) is 12.0 Å². The smallest absolute Gasteiger partial charge is 0.164 e. The highest BCUT2D eigenvalue weighted by Gasteiger charge is 2.57. The van der Waals surface area contributed by atoms with Crippen LogP contribution in [0, 0.1) is 0 Å². The molecule has 1 saturated carbocycles. The minimum absolute atomic E-state index is 0.0382. The van der Waals surface area contributed by atoms with Gasteiger partial charge in [0.15, 0.2) is 11.6 Å². The zero-order valence-corrected chi connectivity index (χ0v) is 10.9. The fourth-order valence-corrected chi connectivity index (χ4v) is 3.02. The molecule has 2 saturated heterocycles. The van der Waals surface area contributed by atoms with Crippen molar-refractivity contribution in [1.29, 1.82) is 0 Å². The summed E-state index contributed by atoms with van der Waals surface area (Å²) in [6.07, 6.45) is 0.606. The zero-order chi connectivity index (χ0) is 12.4. The molecule has 1 aliphatic carbocycles. The van der Waals surface area contributed by atoms with Gasteiger partial charge in [-0.1, -0.05) is 6.58 Å². The Morgan fingerprint density at radius 2 is 1.53 bits per heavy atom. The Morgan fingerprint density at radius 1 is 0.941 bits per heavy atom. The summed E-state index contributed by atoms with van der Waals surface area (Å²) in [5.41, 5.74) is 1.04. The Morgan fingerprint density at radius 3 is 2.24 bits per heavy atom. The van der Waals surface area contributed by atoms with E-state index < -0.39 is 11.6 Å². The molecule has 0 N–H and O–H groups in total. The van der Waals surface area contributed by atoms with E-state index in [1.807, 2.05) is 27.7 Å². The van der Waals surface area contributed by atoms with Crippen LogP contribution in [0.5, 0.6) is 0 Å². The molecule has 96 valence electrons. The number of hydrogen-bond donors (Lipinski definition) is 0. The molecular weight excluding hydrogens is 220 g/mol. The highest BCUT2D eigenvalue weighted by molar-refractivity contribution is 5.18. The molecule has 4 atom stereocenters. The van der Waals surface area contributed by atoms with Crippen LogP contribution in [0.25, 0.3) is 0 Å². The lowest BCUT2D eigenvalue weighted by atomic mass is 9.86. The molecule has 2 heterocycles. The molecule has 3 fully saturated rings. The van der Waals surface area contributed by atoms with Crippen molar-refractivity contribution >= 4 is 0 Å². The topological polar surface area (TPSA) is 36.9 Å². The predicted octanol–water partition coefficient (Wildman–Crippen LogP) is 1.99. The lowest BCUT2D eigenvalue weighted by Gasteiger charge is -2.32. The van der Waals surface area contributed by atoms with Crippen LogP contribution in [-0.2, 0) is 18.9 Å². The molecule has 0 aromatic heterocycles. The van der Waals surface area contributed by atoms with Crippen LogP contribution in [0.3, 0.4) is 0 Å². The lowest BCUT2D eigenvalue weighted by Crippen LogP contribution is -2.47. The fraction of sp³-hybridized carbons (Fsp3) is 0.846. The van der Waals surface area contributed by atoms with Gasteiger partial charge in [-0.3, -0.25) is 0 Å². The van der Waals surface area contributed by atoms with Crippen molar-refractivity contribution in [1.82, 2.24) is 0 Å². The molecule has 2 aliphatic heterocycles. The Labute approximate surface area is 102 Å². The molecule has 0 bridgehead atoms. The van der Waals surface area contributed by atoms with Crippen molar-refractivity contribution in [2.75, 3.05) is 0 Å². The fourth-order valence-electron chi connectivity index (χ4n) is 3.02. The minimum Gasteiger partial charge on any atom is -0.344 e. The number of hydrogen-bond acceptors (Lipinski definition) is 4. The standard InChI is InChI=1S/C13H20O4/c1-7-6-8-10(16-12(2,3)14-8)11-9(7)15-13(4,5)17-11/h8-11H,1,6H2,2-5H3/t8-,9-,10-,11-/m0/s1. The largest absolute Gasteiger partial charge is 0.344 e. The molecule has 0 aromatic carbocycles.